The van der Waals surface area contributed by atoms with Crippen molar-refractivity contribution in [2.75, 3.05) is 19.6 Å². The predicted molar refractivity (Wildman–Crippen MR) is 61.2 cm³/mol. The maximum absolute atomic E-state index is 5.54. The van der Waals surface area contributed by atoms with Crippen molar-refractivity contribution in [3.63, 3.8) is 0 Å². The summed E-state index contributed by atoms with van der Waals surface area (Å²) in [6.07, 6.45) is 0. The van der Waals surface area contributed by atoms with Gasteiger partial charge in [-0.2, -0.15) is 0 Å². The van der Waals surface area contributed by atoms with Gasteiger partial charge in [0.15, 0.2) is 0 Å². The minimum Gasteiger partial charge on any atom is -0.329 e. The second-order valence-corrected chi connectivity index (χ2v) is 3.64. The first-order chi connectivity index (χ1) is 6.76. The lowest BCUT2D eigenvalue weighted by atomic mass is 10.1. The maximum atomic E-state index is 5.54. The Morgan fingerprint density at radius 1 is 1.21 bits per heavy atom. The smallest absolute Gasteiger partial charge is 0.0234 e. The first-order valence-corrected chi connectivity index (χ1v) is 5.24. The number of nitrogens with zero attached hydrogens (tertiary/aromatic N) is 1. The Morgan fingerprint density at radius 3 is 2.36 bits per heavy atom. The number of nitrogens with two attached hydrogens (primary N) is 1. The van der Waals surface area contributed by atoms with Gasteiger partial charge in [-0.25, -0.2) is 0 Å². The normalized spacial score (nSPS) is 10.9. The monoisotopic (exact) mass is 192 g/mol. The van der Waals surface area contributed by atoms with E-state index in [1.54, 1.807) is 0 Å². The Balaban J connectivity index is 2.53. The molecule has 2 heteroatoms. The van der Waals surface area contributed by atoms with Crippen LogP contribution in [0.25, 0.3) is 0 Å². The van der Waals surface area contributed by atoms with E-state index in [1.807, 2.05) is 0 Å². The van der Waals surface area contributed by atoms with E-state index in [0.717, 1.165) is 26.2 Å². The number of benzene rings is 1. The Labute approximate surface area is 86.7 Å². The summed E-state index contributed by atoms with van der Waals surface area (Å²) in [7, 11) is 0. The van der Waals surface area contributed by atoms with Gasteiger partial charge in [-0.1, -0.05) is 36.8 Å². The predicted octanol–water partition coefficient (Wildman–Crippen LogP) is 1.78. The Kier molecular flexibility index (Phi) is 4.63. The van der Waals surface area contributed by atoms with Gasteiger partial charge >= 0.3 is 0 Å². The SMILES string of the molecule is CCN(CCN)Cc1ccc(C)cc1. The van der Waals surface area contributed by atoms with Crippen molar-refractivity contribution in [3.8, 4) is 0 Å². The van der Waals surface area contributed by atoms with Gasteiger partial charge in [-0.05, 0) is 19.0 Å². The zero-order valence-corrected chi connectivity index (χ0v) is 9.16. The van der Waals surface area contributed by atoms with Gasteiger partial charge in [0.05, 0.1) is 0 Å². The highest BCUT2D eigenvalue weighted by Gasteiger charge is 2.01. The molecule has 1 rings (SSSR count). The molecule has 2 nitrogen and oxygen atoms in total. The fourth-order valence-corrected chi connectivity index (χ4v) is 1.48. The molecule has 0 aromatic heterocycles. The molecule has 0 aliphatic heterocycles. The number of hydrogen-bond acceptors (Lipinski definition) is 2. The first kappa shape index (κ1) is 11.2. The van der Waals surface area contributed by atoms with Gasteiger partial charge in [0.1, 0.15) is 0 Å². The van der Waals surface area contributed by atoms with Crippen LogP contribution in [-0.4, -0.2) is 24.5 Å². The summed E-state index contributed by atoms with van der Waals surface area (Å²) >= 11 is 0. The molecule has 2 N–H and O–H groups in total. The van der Waals surface area contributed by atoms with E-state index in [9.17, 15) is 0 Å². The van der Waals surface area contributed by atoms with Crippen molar-refractivity contribution >= 4 is 0 Å². The van der Waals surface area contributed by atoms with Crippen molar-refractivity contribution in [2.24, 2.45) is 5.73 Å². The van der Waals surface area contributed by atoms with Gasteiger partial charge in [0, 0.05) is 19.6 Å². The zero-order chi connectivity index (χ0) is 10.4. The van der Waals surface area contributed by atoms with Crippen LogP contribution in [0.1, 0.15) is 18.1 Å². The van der Waals surface area contributed by atoms with Crippen molar-refractivity contribution < 1.29 is 0 Å². The molecule has 0 fully saturated rings. The van der Waals surface area contributed by atoms with Crippen LogP contribution in [-0.2, 0) is 6.54 Å². The van der Waals surface area contributed by atoms with Crippen molar-refractivity contribution in [2.45, 2.75) is 20.4 Å². The summed E-state index contributed by atoms with van der Waals surface area (Å²) < 4.78 is 0. The Hall–Kier alpha value is -0.860. The van der Waals surface area contributed by atoms with Crippen LogP contribution >= 0.6 is 0 Å². The number of likely N-dealkylation sites (N-methyl/N-ethyl adjacent to an activating group) is 1. The second-order valence-electron chi connectivity index (χ2n) is 3.64. The second kappa shape index (κ2) is 5.78. The number of aryl methyl sites for hydroxylation is 1. The zero-order valence-electron chi connectivity index (χ0n) is 9.16. The van der Waals surface area contributed by atoms with E-state index < -0.39 is 0 Å². The summed E-state index contributed by atoms with van der Waals surface area (Å²) in [5.41, 5.74) is 8.22. The van der Waals surface area contributed by atoms with Gasteiger partial charge in [0.25, 0.3) is 0 Å². The van der Waals surface area contributed by atoms with Gasteiger partial charge in [-0.15, -0.1) is 0 Å². The molecule has 0 heterocycles. The third kappa shape index (κ3) is 3.48. The standard InChI is InChI=1S/C12H20N2/c1-3-14(9-8-13)10-12-6-4-11(2)5-7-12/h4-7H,3,8-10,13H2,1-2H3. The van der Waals surface area contributed by atoms with E-state index in [0.29, 0.717) is 0 Å². The highest BCUT2D eigenvalue weighted by atomic mass is 15.1. The van der Waals surface area contributed by atoms with Gasteiger partial charge in [0.2, 0.25) is 0 Å². The lowest BCUT2D eigenvalue weighted by molar-refractivity contribution is 0.288. The molecule has 0 unspecified atom stereocenters. The molecule has 0 amide bonds. The van der Waals surface area contributed by atoms with Crippen LogP contribution in [0, 0.1) is 6.92 Å². The summed E-state index contributed by atoms with van der Waals surface area (Å²) in [4.78, 5) is 2.35. The first-order valence-electron chi connectivity index (χ1n) is 5.24. The number of rotatable bonds is 5. The highest BCUT2D eigenvalue weighted by molar-refractivity contribution is 5.21. The van der Waals surface area contributed by atoms with Crippen molar-refractivity contribution in [1.82, 2.24) is 4.90 Å². The molecule has 0 atom stereocenters. The van der Waals surface area contributed by atoms with Gasteiger partial charge < -0.3 is 5.73 Å². The Morgan fingerprint density at radius 2 is 1.86 bits per heavy atom. The highest BCUT2D eigenvalue weighted by Crippen LogP contribution is 2.06. The van der Waals surface area contributed by atoms with Crippen LogP contribution in [0.3, 0.4) is 0 Å². The van der Waals surface area contributed by atoms with Crippen LogP contribution in [0.5, 0.6) is 0 Å². The molecule has 0 radical (unpaired) electrons. The third-order valence-electron chi connectivity index (χ3n) is 2.42. The molecule has 1 aromatic rings. The van der Waals surface area contributed by atoms with Crippen molar-refractivity contribution in [3.05, 3.63) is 35.4 Å². The molecule has 14 heavy (non-hydrogen) atoms. The number of hydrogen-bond donors (Lipinski definition) is 1. The molecule has 0 bridgehead atoms. The van der Waals surface area contributed by atoms with Gasteiger partial charge in [-0.3, -0.25) is 4.90 Å². The molecule has 1 aromatic carbocycles. The lowest BCUT2D eigenvalue weighted by Crippen LogP contribution is -2.28. The molecule has 0 spiro atoms. The summed E-state index contributed by atoms with van der Waals surface area (Å²) in [6, 6.07) is 8.69. The molecule has 0 saturated carbocycles. The molecule has 0 aliphatic carbocycles. The molecule has 0 aliphatic rings. The van der Waals surface area contributed by atoms with E-state index in [4.69, 9.17) is 5.73 Å². The lowest BCUT2D eigenvalue weighted by Gasteiger charge is -2.19. The topological polar surface area (TPSA) is 29.3 Å². The van der Waals surface area contributed by atoms with E-state index in [-0.39, 0.29) is 0 Å². The quantitative estimate of drug-likeness (QED) is 0.770. The Bertz CT molecular complexity index is 254. The summed E-state index contributed by atoms with van der Waals surface area (Å²) in [5.74, 6) is 0. The fraction of sp³-hybridized carbons (Fsp3) is 0.500. The van der Waals surface area contributed by atoms with Crippen LogP contribution < -0.4 is 5.73 Å². The summed E-state index contributed by atoms with van der Waals surface area (Å²) in [5, 5.41) is 0. The van der Waals surface area contributed by atoms with Crippen LogP contribution in [0.2, 0.25) is 0 Å². The third-order valence-corrected chi connectivity index (χ3v) is 2.42. The maximum Gasteiger partial charge on any atom is 0.0234 e. The van der Waals surface area contributed by atoms with Crippen molar-refractivity contribution in [1.29, 1.82) is 0 Å². The summed E-state index contributed by atoms with van der Waals surface area (Å²) in [6.45, 7) is 8.06. The minimum atomic E-state index is 0.736. The van der Waals surface area contributed by atoms with E-state index in [2.05, 4.69) is 43.0 Å². The molecular formula is C12H20N2. The average Bonchev–Trinajstić information content (AvgIpc) is 2.20. The fourth-order valence-electron chi connectivity index (χ4n) is 1.48. The molecular weight excluding hydrogens is 172 g/mol. The van der Waals surface area contributed by atoms with E-state index >= 15 is 0 Å². The average molecular weight is 192 g/mol. The van der Waals surface area contributed by atoms with Crippen LogP contribution in [0.15, 0.2) is 24.3 Å². The van der Waals surface area contributed by atoms with Crippen LogP contribution in [0.4, 0.5) is 0 Å². The van der Waals surface area contributed by atoms with E-state index in [1.165, 1.54) is 11.1 Å². The molecule has 0 saturated heterocycles. The largest absolute Gasteiger partial charge is 0.329 e. The molecule has 78 valence electrons. The minimum absolute atomic E-state index is 0.736.